The molecule has 7 heteroatoms. The summed E-state index contributed by atoms with van der Waals surface area (Å²) in [6.07, 6.45) is 0. The average molecular weight is 184 g/mol. The molecule has 2 N–H and O–H groups in total. The van der Waals surface area contributed by atoms with Gasteiger partial charge in [-0.25, -0.2) is 0 Å². The third-order valence-electron chi connectivity index (χ3n) is 1.17. The van der Waals surface area contributed by atoms with Gasteiger partial charge >= 0.3 is 76.1 Å². The molecule has 0 aliphatic carbocycles. The Morgan fingerprint density at radius 1 is 1.62 bits per heavy atom. The number of hydrazine groups is 1. The second-order valence-electron chi connectivity index (χ2n) is 2.23. The Bertz CT molecular complexity index is 209. The van der Waals surface area contributed by atoms with Crippen LogP contribution in [0.25, 0.3) is 0 Å². The van der Waals surface area contributed by atoms with Crippen LogP contribution in [0.1, 0.15) is 6.92 Å². The van der Waals surface area contributed by atoms with E-state index in [4.69, 9.17) is 12.7 Å². The fraction of sp³-hybridized carbons (Fsp3) is 0.667. The molecule has 0 aliphatic rings. The molecular weight excluding hydrogens is 173 g/mol. The summed E-state index contributed by atoms with van der Waals surface area (Å²) >= 11 is 0. The molecule has 0 aromatic carbocycles. The van der Waals surface area contributed by atoms with Gasteiger partial charge in [0.2, 0.25) is 0 Å². The summed E-state index contributed by atoms with van der Waals surface area (Å²) in [5, 5.41) is 9.40. The first kappa shape index (κ1) is 11.8. The first-order valence-electron chi connectivity index (χ1n) is 3.74. The van der Waals surface area contributed by atoms with E-state index < -0.39 is 18.4 Å². The number of carboxylic acids is 1. The normalized spacial score (nSPS) is 9.23. The predicted molar refractivity (Wildman–Crippen MR) is 46.1 cm³/mol. The Morgan fingerprint density at radius 3 is 2.62 bits per heavy atom. The molecule has 0 bridgehead atoms. The molecule has 0 saturated carbocycles. The molecule has 1 amide bonds. The molecule has 0 saturated heterocycles. The molecule has 0 spiro atoms. The molecule has 0 aromatic rings. The van der Waals surface area contributed by atoms with E-state index in [1.165, 1.54) is 0 Å². The van der Waals surface area contributed by atoms with Gasteiger partial charge in [-0.05, 0) is 0 Å². The molecule has 0 rings (SSSR count). The number of nitrogens with one attached hydrogen (secondary N) is 1. The van der Waals surface area contributed by atoms with Crippen LogP contribution in [0.15, 0.2) is 4.90 Å². The van der Waals surface area contributed by atoms with Crippen LogP contribution in [0.2, 0.25) is 0 Å². The van der Waals surface area contributed by atoms with Crippen molar-refractivity contribution >= 4 is 19.5 Å². The minimum atomic E-state index is -1.09. The number of hydrogen-bond donors (Lipinski definition) is 2. The summed E-state index contributed by atoms with van der Waals surface area (Å²) in [5.41, 5.74) is 2.59. The van der Waals surface area contributed by atoms with Crippen LogP contribution < -0.4 is 5.43 Å². The molecule has 71 valence electrons. The van der Waals surface area contributed by atoms with Gasteiger partial charge in [-0.15, -0.1) is 0 Å². The summed E-state index contributed by atoms with van der Waals surface area (Å²) in [7, 11) is 4.80. The predicted octanol–water partition coefficient (Wildman–Crippen LogP) is -1.22. The van der Waals surface area contributed by atoms with Crippen LogP contribution in [0.4, 0.5) is 0 Å². The van der Waals surface area contributed by atoms with E-state index in [2.05, 4.69) is 10.3 Å². The number of carbonyl (C=O) groups excluding carboxylic acids is 1. The van der Waals surface area contributed by atoms with Crippen molar-refractivity contribution < 1.29 is 14.7 Å². The van der Waals surface area contributed by atoms with E-state index >= 15 is 0 Å². The van der Waals surface area contributed by atoms with E-state index in [1.54, 1.807) is 6.92 Å². The number of hydrogen-bond acceptors (Lipinski definition) is 4. The topological polar surface area (TPSA) is 82.0 Å². The molecular formula is C6H11BN3O3. The molecule has 0 unspecified atom stereocenters. The third kappa shape index (κ3) is 5.08. The first-order chi connectivity index (χ1) is 6.11. The van der Waals surface area contributed by atoms with Gasteiger partial charge in [0.05, 0.1) is 0 Å². The van der Waals surface area contributed by atoms with Crippen LogP contribution in [-0.4, -0.2) is 49.3 Å². The van der Waals surface area contributed by atoms with Crippen LogP contribution in [0.5, 0.6) is 0 Å². The number of aliphatic carboxylic acids is 1. The molecule has 0 aromatic heterocycles. The van der Waals surface area contributed by atoms with E-state index in [0.717, 1.165) is 5.01 Å². The van der Waals surface area contributed by atoms with E-state index in [9.17, 15) is 9.59 Å². The quantitative estimate of drug-likeness (QED) is 0.400. The van der Waals surface area contributed by atoms with Crippen molar-refractivity contribution in [2.45, 2.75) is 6.92 Å². The maximum absolute atomic E-state index is 11.1. The number of rotatable bonds is 6. The van der Waals surface area contributed by atoms with Crippen molar-refractivity contribution in [3.63, 3.8) is 0 Å². The SMILES string of the molecule is [B]=NCC(=O)N(CC(=O)O)NCC. The maximum atomic E-state index is 11.1. The zero-order valence-corrected chi connectivity index (χ0v) is 7.36. The zero-order valence-electron chi connectivity index (χ0n) is 7.36. The number of carbonyl (C=O) groups is 2. The summed E-state index contributed by atoms with van der Waals surface area (Å²) in [5.74, 6) is -1.56. The van der Waals surface area contributed by atoms with Crippen LogP contribution in [0, 0.1) is 0 Å². The van der Waals surface area contributed by atoms with Crippen molar-refractivity contribution in [2.24, 2.45) is 4.90 Å². The molecule has 13 heavy (non-hydrogen) atoms. The van der Waals surface area contributed by atoms with Crippen molar-refractivity contribution in [2.75, 3.05) is 19.6 Å². The fourth-order valence-corrected chi connectivity index (χ4v) is 0.722. The Hall–Kier alpha value is -1.24. The van der Waals surface area contributed by atoms with Crippen molar-refractivity contribution in [1.29, 1.82) is 0 Å². The second kappa shape index (κ2) is 6.30. The monoisotopic (exact) mass is 184 g/mol. The molecule has 0 fully saturated rings. The van der Waals surface area contributed by atoms with Gasteiger partial charge in [-0.3, -0.25) is 0 Å². The van der Waals surface area contributed by atoms with Crippen molar-refractivity contribution in [3.05, 3.63) is 0 Å². The Morgan fingerprint density at radius 2 is 2.23 bits per heavy atom. The van der Waals surface area contributed by atoms with E-state index in [1.807, 2.05) is 0 Å². The van der Waals surface area contributed by atoms with E-state index in [0.29, 0.717) is 6.54 Å². The van der Waals surface area contributed by atoms with Crippen molar-refractivity contribution in [3.8, 4) is 0 Å². The van der Waals surface area contributed by atoms with Gasteiger partial charge in [-0.1, -0.05) is 0 Å². The molecule has 0 atom stereocenters. The summed E-state index contributed by atoms with van der Waals surface area (Å²) < 4.78 is 0. The van der Waals surface area contributed by atoms with Gasteiger partial charge in [0.1, 0.15) is 0 Å². The van der Waals surface area contributed by atoms with E-state index in [-0.39, 0.29) is 6.54 Å². The second-order valence-corrected chi connectivity index (χ2v) is 2.23. The minimum absolute atomic E-state index is 0.222. The Kier molecular flexibility index (Phi) is 5.70. The van der Waals surface area contributed by atoms with Crippen molar-refractivity contribution in [1.82, 2.24) is 10.4 Å². The van der Waals surface area contributed by atoms with Gasteiger partial charge in [0, 0.05) is 0 Å². The molecule has 1 radical (unpaired) electrons. The third-order valence-corrected chi connectivity index (χ3v) is 1.17. The summed E-state index contributed by atoms with van der Waals surface area (Å²) in [6, 6.07) is 0. The average Bonchev–Trinajstić information content (AvgIpc) is 2.03. The molecule has 0 aliphatic heterocycles. The molecule has 6 nitrogen and oxygen atoms in total. The Labute approximate surface area is 77.0 Å². The van der Waals surface area contributed by atoms with Crippen LogP contribution in [0.3, 0.4) is 0 Å². The van der Waals surface area contributed by atoms with Crippen LogP contribution in [-0.2, 0) is 9.59 Å². The van der Waals surface area contributed by atoms with Gasteiger partial charge < -0.3 is 0 Å². The number of amides is 1. The molecule has 0 heterocycles. The van der Waals surface area contributed by atoms with Gasteiger partial charge in [0.15, 0.2) is 0 Å². The fourth-order valence-electron chi connectivity index (χ4n) is 0.722. The zero-order chi connectivity index (χ0) is 10.3. The Balaban J connectivity index is 4.13. The summed E-state index contributed by atoms with van der Waals surface area (Å²) in [6.45, 7) is 1.59. The van der Waals surface area contributed by atoms with Gasteiger partial charge in [-0.2, -0.15) is 0 Å². The number of nitrogens with zero attached hydrogens (tertiary/aromatic N) is 2. The van der Waals surface area contributed by atoms with Gasteiger partial charge in [0.25, 0.3) is 0 Å². The summed E-state index contributed by atoms with van der Waals surface area (Å²) in [4.78, 5) is 24.5. The van der Waals surface area contributed by atoms with Crippen LogP contribution >= 0.6 is 0 Å². The first-order valence-corrected chi connectivity index (χ1v) is 3.74. The standard InChI is InChI=1S/C6H11BN3O3/c1-2-9-10(4-6(12)13)5(11)3-8-7/h9H,2-4H2,1H3,(H,12,13). The number of carboxylic acid groups (broad SMARTS) is 1.